The highest BCUT2D eigenvalue weighted by Crippen LogP contribution is 2.32. The van der Waals surface area contributed by atoms with Gasteiger partial charge in [-0.1, -0.05) is 12.1 Å². The van der Waals surface area contributed by atoms with E-state index in [1.54, 1.807) is 0 Å². The maximum atomic E-state index is 13.1. The predicted molar refractivity (Wildman–Crippen MR) is 75.1 cm³/mol. The number of nitrogens with one attached hydrogen (secondary N) is 1. The van der Waals surface area contributed by atoms with Crippen LogP contribution in [-0.4, -0.2) is 36.7 Å². The molecule has 0 saturated carbocycles. The summed E-state index contributed by atoms with van der Waals surface area (Å²) in [7, 11) is 1.08. The molecule has 2 amide bonds. The molecule has 130 valence electrons. The molecule has 1 aliphatic heterocycles. The van der Waals surface area contributed by atoms with E-state index in [0.717, 1.165) is 19.2 Å². The van der Waals surface area contributed by atoms with Crippen molar-refractivity contribution >= 4 is 12.0 Å². The zero-order valence-electron chi connectivity index (χ0n) is 12.8. The molecular formula is C15H14F4N2O3. The van der Waals surface area contributed by atoms with Crippen LogP contribution in [0.1, 0.15) is 18.5 Å². The van der Waals surface area contributed by atoms with E-state index in [2.05, 4.69) is 10.1 Å². The van der Waals surface area contributed by atoms with Crippen LogP contribution in [0.2, 0.25) is 0 Å². The van der Waals surface area contributed by atoms with E-state index in [1.807, 2.05) is 0 Å². The summed E-state index contributed by atoms with van der Waals surface area (Å²) in [5, 5.41) is 2.33. The van der Waals surface area contributed by atoms with Crippen LogP contribution in [0, 0.1) is 5.82 Å². The Hall–Kier alpha value is -2.58. The predicted octanol–water partition coefficient (Wildman–Crippen LogP) is 2.90. The number of urea groups is 1. The molecule has 0 spiro atoms. The normalized spacial score (nSPS) is 18.5. The van der Waals surface area contributed by atoms with Crippen molar-refractivity contribution in [3.63, 3.8) is 0 Å². The van der Waals surface area contributed by atoms with Gasteiger partial charge in [-0.2, -0.15) is 13.2 Å². The first-order valence-corrected chi connectivity index (χ1v) is 6.83. The van der Waals surface area contributed by atoms with Gasteiger partial charge in [0.25, 0.3) is 0 Å². The number of amides is 2. The van der Waals surface area contributed by atoms with E-state index in [1.165, 1.54) is 19.1 Å². The van der Waals surface area contributed by atoms with Crippen LogP contribution in [0.25, 0.3) is 0 Å². The van der Waals surface area contributed by atoms with Gasteiger partial charge in [-0.25, -0.2) is 14.0 Å². The Labute approximate surface area is 134 Å². The molecule has 0 aliphatic carbocycles. The van der Waals surface area contributed by atoms with Gasteiger partial charge in [-0.3, -0.25) is 4.90 Å². The number of hydrogen-bond acceptors (Lipinski definition) is 3. The molecule has 5 nitrogen and oxygen atoms in total. The number of rotatable bonds is 3. The summed E-state index contributed by atoms with van der Waals surface area (Å²) < 4.78 is 55.6. The summed E-state index contributed by atoms with van der Waals surface area (Å²) in [5.74, 6) is -1.41. The number of methoxy groups -OCH3 is 1. The first-order valence-electron chi connectivity index (χ1n) is 6.83. The number of esters is 1. The molecule has 0 aromatic heterocycles. The Morgan fingerprint density at radius 3 is 2.38 bits per heavy atom. The molecule has 0 saturated heterocycles. The van der Waals surface area contributed by atoms with E-state index < -0.39 is 36.6 Å². The smallest absolute Gasteiger partial charge is 0.406 e. The highest BCUT2D eigenvalue weighted by molar-refractivity contribution is 5.95. The van der Waals surface area contributed by atoms with Gasteiger partial charge in [0, 0.05) is 5.70 Å². The highest BCUT2D eigenvalue weighted by Gasteiger charge is 2.41. The highest BCUT2D eigenvalue weighted by atomic mass is 19.4. The van der Waals surface area contributed by atoms with Crippen molar-refractivity contribution < 1.29 is 31.9 Å². The fraction of sp³-hybridized carbons (Fsp3) is 0.333. The summed E-state index contributed by atoms with van der Waals surface area (Å²) in [6.07, 6.45) is -4.64. The van der Waals surface area contributed by atoms with Crippen molar-refractivity contribution in [3.8, 4) is 0 Å². The number of alkyl halides is 3. The summed E-state index contributed by atoms with van der Waals surface area (Å²) in [6.45, 7) is -0.311. The van der Waals surface area contributed by atoms with Gasteiger partial charge in [0.1, 0.15) is 12.4 Å². The van der Waals surface area contributed by atoms with Crippen molar-refractivity contribution in [2.75, 3.05) is 13.7 Å². The van der Waals surface area contributed by atoms with Crippen LogP contribution in [0.15, 0.2) is 35.5 Å². The summed E-state index contributed by atoms with van der Waals surface area (Å²) in [6, 6.07) is 2.86. The molecule has 0 radical (unpaired) electrons. The Morgan fingerprint density at radius 1 is 1.29 bits per heavy atom. The summed E-state index contributed by atoms with van der Waals surface area (Å²) >= 11 is 0. The van der Waals surface area contributed by atoms with Crippen molar-refractivity contribution in [1.29, 1.82) is 0 Å². The number of benzene rings is 1. The lowest BCUT2D eigenvalue weighted by atomic mass is 9.95. The third-order valence-electron chi connectivity index (χ3n) is 3.54. The molecule has 1 aliphatic rings. The van der Waals surface area contributed by atoms with Gasteiger partial charge in [-0.05, 0) is 24.6 Å². The lowest BCUT2D eigenvalue weighted by Crippen LogP contribution is -2.50. The minimum atomic E-state index is -4.64. The van der Waals surface area contributed by atoms with E-state index in [9.17, 15) is 27.2 Å². The van der Waals surface area contributed by atoms with E-state index in [0.29, 0.717) is 10.5 Å². The first kappa shape index (κ1) is 17.8. The maximum absolute atomic E-state index is 13.1. The van der Waals surface area contributed by atoms with Gasteiger partial charge in [0.05, 0.1) is 18.7 Å². The third kappa shape index (κ3) is 3.66. The van der Waals surface area contributed by atoms with Crippen molar-refractivity contribution in [2.45, 2.75) is 19.1 Å². The van der Waals surface area contributed by atoms with Crippen molar-refractivity contribution in [1.82, 2.24) is 10.2 Å². The van der Waals surface area contributed by atoms with Crippen molar-refractivity contribution in [3.05, 3.63) is 46.9 Å². The lowest BCUT2D eigenvalue weighted by molar-refractivity contribution is -0.140. The quantitative estimate of drug-likeness (QED) is 0.676. The monoisotopic (exact) mass is 346 g/mol. The van der Waals surface area contributed by atoms with Gasteiger partial charge in [0.15, 0.2) is 0 Å². The fourth-order valence-corrected chi connectivity index (χ4v) is 2.43. The minimum absolute atomic E-state index is 0.145. The Balaban J connectivity index is 2.51. The molecule has 0 bridgehead atoms. The topological polar surface area (TPSA) is 58.6 Å². The molecule has 0 fully saturated rings. The van der Waals surface area contributed by atoms with Crippen LogP contribution >= 0.6 is 0 Å². The van der Waals surface area contributed by atoms with Gasteiger partial charge >= 0.3 is 18.2 Å². The molecule has 2 rings (SSSR count). The van der Waals surface area contributed by atoms with Gasteiger partial charge < -0.3 is 10.1 Å². The second-order valence-corrected chi connectivity index (χ2v) is 5.13. The maximum Gasteiger partial charge on any atom is 0.406 e. The van der Waals surface area contributed by atoms with Crippen molar-refractivity contribution in [2.24, 2.45) is 0 Å². The molecule has 1 aromatic carbocycles. The van der Waals surface area contributed by atoms with Crippen LogP contribution in [0.5, 0.6) is 0 Å². The average Bonchev–Trinajstić information content (AvgIpc) is 2.50. The van der Waals surface area contributed by atoms with Gasteiger partial charge in [-0.15, -0.1) is 0 Å². The summed E-state index contributed by atoms with van der Waals surface area (Å²) in [4.78, 5) is 24.5. The number of hydrogen-bond donors (Lipinski definition) is 1. The number of allylic oxidation sites excluding steroid dienone is 1. The second-order valence-electron chi connectivity index (χ2n) is 5.13. The zero-order chi connectivity index (χ0) is 18.1. The Morgan fingerprint density at radius 2 is 1.88 bits per heavy atom. The second kappa shape index (κ2) is 6.50. The third-order valence-corrected chi connectivity index (χ3v) is 3.54. The molecule has 1 heterocycles. The lowest BCUT2D eigenvalue weighted by Gasteiger charge is -2.35. The molecule has 1 N–H and O–H groups in total. The zero-order valence-corrected chi connectivity index (χ0v) is 12.8. The van der Waals surface area contributed by atoms with E-state index in [-0.39, 0.29) is 11.3 Å². The summed E-state index contributed by atoms with van der Waals surface area (Å²) in [5.41, 5.74) is 0.0290. The largest absolute Gasteiger partial charge is 0.466 e. The first-order chi connectivity index (χ1) is 11.1. The Bertz CT molecular complexity index is 683. The molecule has 1 aromatic rings. The van der Waals surface area contributed by atoms with Crippen LogP contribution in [0.4, 0.5) is 22.4 Å². The number of nitrogens with zero attached hydrogens (tertiary/aromatic N) is 1. The van der Waals surface area contributed by atoms with Gasteiger partial charge in [0.2, 0.25) is 0 Å². The number of carbonyl (C=O) groups is 2. The van der Waals surface area contributed by atoms with Crippen LogP contribution < -0.4 is 5.32 Å². The number of ether oxygens (including phenoxy) is 1. The molecule has 9 heteroatoms. The fourth-order valence-electron chi connectivity index (χ4n) is 2.43. The minimum Gasteiger partial charge on any atom is -0.466 e. The van der Waals surface area contributed by atoms with Crippen LogP contribution in [-0.2, 0) is 9.53 Å². The molecular weight excluding hydrogens is 332 g/mol. The number of carbonyl (C=O) groups excluding carboxylic acids is 2. The number of halogens is 4. The molecule has 24 heavy (non-hydrogen) atoms. The molecule has 1 atom stereocenters. The average molecular weight is 346 g/mol. The molecule has 0 unspecified atom stereocenters. The Kier molecular flexibility index (Phi) is 4.81. The van der Waals surface area contributed by atoms with E-state index >= 15 is 0 Å². The standard InChI is InChI=1S/C15H14F4N2O3/c1-8-11(13(22)24-2)12(9-3-5-10(16)6-4-9)20-14(23)21(8)7-15(17,18)19/h3-6,12H,7H2,1-2H3,(H,20,23)/t12-/m0/s1. The van der Waals surface area contributed by atoms with E-state index in [4.69, 9.17) is 0 Å². The van der Waals surface area contributed by atoms with Crippen LogP contribution in [0.3, 0.4) is 0 Å². The SMILES string of the molecule is COC(=O)C1=C(C)N(CC(F)(F)F)C(=O)N[C@H]1c1ccc(F)cc1.